The molecular weight excluding hydrogens is 1120 g/mol. The number of unbranched alkanes of at least 4 members (excludes halogenated alkanes) is 52. The summed E-state index contributed by atoms with van der Waals surface area (Å²) in [4.78, 5) is 25.1. The Balaban J connectivity index is 1.90. The van der Waals surface area contributed by atoms with E-state index in [2.05, 4.69) is 43.5 Å². The van der Waals surface area contributed by atoms with Gasteiger partial charge >= 0.3 is 5.97 Å². The molecule has 1 heterocycles. The van der Waals surface area contributed by atoms with Gasteiger partial charge in [-0.25, -0.2) is 0 Å². The van der Waals surface area contributed by atoms with E-state index in [0.29, 0.717) is 19.4 Å². The van der Waals surface area contributed by atoms with Crippen LogP contribution in [0.3, 0.4) is 0 Å². The molecule has 0 bridgehead atoms. The third kappa shape index (κ3) is 56.2. The van der Waals surface area contributed by atoms with E-state index < -0.39 is 49.5 Å². The molecular formula is C79H149NO10. The Bertz CT molecular complexity index is 1590. The van der Waals surface area contributed by atoms with E-state index in [-0.39, 0.29) is 18.5 Å². The molecule has 11 heteroatoms. The summed E-state index contributed by atoms with van der Waals surface area (Å²) in [7, 11) is 0. The fraction of sp³-hybridized carbons (Fsp3) is 0.899. The van der Waals surface area contributed by atoms with E-state index in [1.54, 1.807) is 6.08 Å². The average molecular weight is 1270 g/mol. The first-order valence-electron chi connectivity index (χ1n) is 39.3. The summed E-state index contributed by atoms with van der Waals surface area (Å²) in [5.41, 5.74) is 0. The number of hydrogen-bond acceptors (Lipinski definition) is 10. The van der Waals surface area contributed by atoms with Crippen molar-refractivity contribution in [2.45, 2.75) is 436 Å². The lowest BCUT2D eigenvalue weighted by Gasteiger charge is -2.40. The Morgan fingerprint density at radius 3 is 1.10 bits per heavy atom. The molecule has 7 unspecified atom stereocenters. The van der Waals surface area contributed by atoms with Gasteiger partial charge in [-0.1, -0.05) is 359 Å². The van der Waals surface area contributed by atoms with Crippen molar-refractivity contribution in [1.29, 1.82) is 0 Å². The maximum absolute atomic E-state index is 13.1. The normalized spacial score (nSPS) is 17.8. The van der Waals surface area contributed by atoms with E-state index in [1.165, 1.54) is 302 Å². The number of rotatable bonds is 70. The Morgan fingerprint density at radius 2 is 0.722 bits per heavy atom. The zero-order valence-electron chi connectivity index (χ0n) is 59.1. The third-order valence-corrected chi connectivity index (χ3v) is 18.7. The Labute approximate surface area is 555 Å². The summed E-state index contributed by atoms with van der Waals surface area (Å²) < 4.78 is 16.7. The van der Waals surface area contributed by atoms with Crippen molar-refractivity contribution in [3.05, 3.63) is 36.5 Å². The molecule has 0 aliphatic carbocycles. The van der Waals surface area contributed by atoms with E-state index >= 15 is 0 Å². The number of carbonyl (C=O) groups is 2. The number of ether oxygens (including phenoxy) is 3. The van der Waals surface area contributed by atoms with E-state index in [9.17, 15) is 35.1 Å². The summed E-state index contributed by atoms with van der Waals surface area (Å²) in [5.74, 6) is -0.171. The predicted molar refractivity (Wildman–Crippen MR) is 380 cm³/mol. The molecule has 1 saturated heterocycles. The summed E-state index contributed by atoms with van der Waals surface area (Å²) in [6, 6.07) is -0.830. The number of aliphatic hydroxyl groups excluding tert-OH is 5. The summed E-state index contributed by atoms with van der Waals surface area (Å²) in [5, 5.41) is 54.5. The van der Waals surface area contributed by atoms with Crippen LogP contribution >= 0.6 is 0 Å². The number of nitrogens with one attached hydrogen (secondary N) is 1. The smallest absolute Gasteiger partial charge is 0.305 e. The van der Waals surface area contributed by atoms with Crippen molar-refractivity contribution >= 4 is 11.9 Å². The molecule has 6 N–H and O–H groups in total. The van der Waals surface area contributed by atoms with Crippen LogP contribution in [0.4, 0.5) is 0 Å². The lowest BCUT2D eigenvalue weighted by atomic mass is 9.99. The van der Waals surface area contributed by atoms with Gasteiger partial charge in [0.15, 0.2) is 6.29 Å². The maximum Gasteiger partial charge on any atom is 0.305 e. The topological polar surface area (TPSA) is 175 Å². The number of carbonyl (C=O) groups excluding carboxylic acids is 2. The number of aliphatic hydroxyl groups is 5. The third-order valence-electron chi connectivity index (χ3n) is 18.7. The molecule has 1 rings (SSSR count). The highest BCUT2D eigenvalue weighted by Crippen LogP contribution is 2.24. The maximum atomic E-state index is 13.1. The van der Waals surface area contributed by atoms with Crippen LogP contribution in [0.5, 0.6) is 0 Å². The Hall–Kier alpha value is -2.12. The molecule has 1 fully saturated rings. The summed E-state index contributed by atoms with van der Waals surface area (Å²) >= 11 is 0. The van der Waals surface area contributed by atoms with Gasteiger partial charge in [0.2, 0.25) is 5.91 Å². The summed E-state index contributed by atoms with van der Waals surface area (Å²) in [6.07, 6.45) is 79.0. The van der Waals surface area contributed by atoms with Crippen molar-refractivity contribution in [3.8, 4) is 0 Å². The van der Waals surface area contributed by atoms with Crippen LogP contribution in [-0.2, 0) is 23.8 Å². The minimum atomic E-state index is -1.58. The highest BCUT2D eigenvalue weighted by atomic mass is 16.7. The lowest BCUT2D eigenvalue weighted by Crippen LogP contribution is -2.60. The quantitative estimate of drug-likeness (QED) is 0.0195. The van der Waals surface area contributed by atoms with Crippen molar-refractivity contribution in [2.24, 2.45) is 0 Å². The van der Waals surface area contributed by atoms with Crippen LogP contribution in [0.2, 0.25) is 0 Å². The molecule has 0 radical (unpaired) electrons. The first-order valence-corrected chi connectivity index (χ1v) is 39.3. The average Bonchev–Trinajstić information content (AvgIpc) is 2.71. The van der Waals surface area contributed by atoms with Crippen LogP contribution < -0.4 is 5.32 Å². The van der Waals surface area contributed by atoms with Crippen LogP contribution in [0, 0.1) is 0 Å². The van der Waals surface area contributed by atoms with Gasteiger partial charge in [-0.3, -0.25) is 9.59 Å². The Morgan fingerprint density at radius 1 is 0.400 bits per heavy atom. The second-order valence-electron chi connectivity index (χ2n) is 27.4. The van der Waals surface area contributed by atoms with Crippen molar-refractivity contribution in [1.82, 2.24) is 5.32 Å². The molecule has 1 aliphatic heterocycles. The first-order chi connectivity index (χ1) is 44.2. The van der Waals surface area contributed by atoms with Gasteiger partial charge in [-0.2, -0.15) is 0 Å². The van der Waals surface area contributed by atoms with Crippen molar-refractivity contribution in [2.75, 3.05) is 19.8 Å². The van der Waals surface area contributed by atoms with Crippen molar-refractivity contribution in [3.63, 3.8) is 0 Å². The molecule has 0 spiro atoms. The highest BCUT2D eigenvalue weighted by molar-refractivity contribution is 5.76. The second-order valence-corrected chi connectivity index (χ2v) is 27.4. The first kappa shape index (κ1) is 85.9. The SMILES string of the molecule is CCCCC/C=C/CC/C=C/CC/C=C/C(O)C(COC1OC(CO)C(O)C(O)C1O)NC(=O)CCCCCCCCCCCCCCCCCCCCCCCCCCCCCCCCCCCCCCCOC(=O)CCCCCCCCCCCCCC. The molecule has 0 saturated carbocycles. The Kier molecular flexibility index (Phi) is 65.2. The van der Waals surface area contributed by atoms with E-state index in [4.69, 9.17) is 14.2 Å². The largest absolute Gasteiger partial charge is 0.466 e. The van der Waals surface area contributed by atoms with Crippen LogP contribution in [-0.4, -0.2) is 100 Å². The van der Waals surface area contributed by atoms with Gasteiger partial charge in [-0.05, 0) is 57.8 Å². The monoisotopic (exact) mass is 1270 g/mol. The van der Waals surface area contributed by atoms with E-state index in [0.717, 1.165) is 64.2 Å². The predicted octanol–water partition coefficient (Wildman–Crippen LogP) is 20.9. The zero-order valence-corrected chi connectivity index (χ0v) is 59.1. The fourth-order valence-electron chi connectivity index (χ4n) is 12.6. The van der Waals surface area contributed by atoms with Crippen molar-refractivity contribution < 1.29 is 49.3 Å². The van der Waals surface area contributed by atoms with Gasteiger partial charge in [0, 0.05) is 12.8 Å². The second kappa shape index (κ2) is 68.3. The number of hydrogen-bond donors (Lipinski definition) is 6. The highest BCUT2D eigenvalue weighted by Gasteiger charge is 2.44. The minimum Gasteiger partial charge on any atom is -0.466 e. The van der Waals surface area contributed by atoms with Gasteiger partial charge in [0.05, 0.1) is 32.0 Å². The lowest BCUT2D eigenvalue weighted by molar-refractivity contribution is -0.302. The van der Waals surface area contributed by atoms with Crippen LogP contribution in [0.1, 0.15) is 393 Å². The van der Waals surface area contributed by atoms with Crippen LogP contribution in [0.25, 0.3) is 0 Å². The molecule has 0 aromatic heterocycles. The summed E-state index contributed by atoms with van der Waals surface area (Å²) in [6.45, 7) is 4.34. The zero-order chi connectivity index (χ0) is 65.1. The molecule has 0 aromatic carbocycles. The molecule has 1 aliphatic rings. The number of amides is 1. The minimum absolute atomic E-state index is 0.0182. The molecule has 7 atom stereocenters. The molecule has 90 heavy (non-hydrogen) atoms. The fourth-order valence-corrected chi connectivity index (χ4v) is 12.6. The molecule has 11 nitrogen and oxygen atoms in total. The van der Waals surface area contributed by atoms with Gasteiger partial charge in [0.1, 0.15) is 24.4 Å². The van der Waals surface area contributed by atoms with Gasteiger partial charge in [0.25, 0.3) is 0 Å². The van der Waals surface area contributed by atoms with Crippen LogP contribution in [0.15, 0.2) is 36.5 Å². The molecule has 0 aromatic rings. The number of esters is 1. The van der Waals surface area contributed by atoms with Gasteiger partial charge < -0.3 is 45.1 Å². The van der Waals surface area contributed by atoms with E-state index in [1.807, 2.05) is 6.08 Å². The van der Waals surface area contributed by atoms with Gasteiger partial charge in [-0.15, -0.1) is 0 Å². The molecule has 530 valence electrons. The number of allylic oxidation sites excluding steroid dienone is 5. The molecule has 1 amide bonds. The standard InChI is InChI=1S/C79H149NO10/c1-3-5-7-9-11-13-15-42-45-49-53-57-61-65-72(82)71(70-89-79-78(87)77(86)76(85)73(69-81)90-79)80-74(83)66-62-58-54-50-46-43-40-38-36-34-32-30-28-26-24-22-20-18-17-19-21-23-25-27-29-31-33-35-37-39-41-44-48-52-56-60-64-68-88-75(84)67-63-59-55-51-47-16-14-12-10-8-6-4-2/h11,13,45,49,61,65,71-73,76-79,81-82,85-87H,3-10,12,14-44,46-48,50-60,62-64,66-70H2,1-2H3,(H,80,83)/b13-11+,49-45+,65-61+.